The van der Waals surface area contributed by atoms with E-state index in [1.807, 2.05) is 0 Å². The van der Waals surface area contributed by atoms with Crippen molar-refractivity contribution in [2.75, 3.05) is 0 Å². The number of halogens is 3. The lowest BCUT2D eigenvalue weighted by Gasteiger charge is -2.13. The molecule has 0 aliphatic rings. The number of hydrogen-bond acceptors (Lipinski definition) is 4. The predicted molar refractivity (Wildman–Crippen MR) is 28.9 cm³/mol. The van der Waals surface area contributed by atoms with Gasteiger partial charge >= 0.3 is 12.1 Å². The maximum absolute atomic E-state index is 11.4. The fourth-order valence-corrected chi connectivity index (χ4v) is 0.205. The summed E-state index contributed by atoms with van der Waals surface area (Å²) in [4.78, 5) is 23.5. The molecule has 2 N–H and O–H groups in total. The van der Waals surface area contributed by atoms with Crippen molar-refractivity contribution in [3.8, 4) is 0 Å². The van der Waals surface area contributed by atoms with Gasteiger partial charge in [0.25, 0.3) is 5.91 Å². The Balaban J connectivity index is 4.11. The van der Waals surface area contributed by atoms with E-state index in [2.05, 4.69) is 10.7 Å². The molecule has 70 valence electrons. The highest BCUT2D eigenvalue weighted by Crippen LogP contribution is 2.16. The lowest BCUT2D eigenvalue weighted by molar-refractivity contribution is -0.237. The van der Waals surface area contributed by atoms with E-state index in [-0.39, 0.29) is 5.17 Å². The van der Waals surface area contributed by atoms with Crippen molar-refractivity contribution < 1.29 is 27.6 Å². The van der Waals surface area contributed by atoms with Gasteiger partial charge in [0.15, 0.2) is 0 Å². The van der Waals surface area contributed by atoms with E-state index in [9.17, 15) is 22.8 Å². The Bertz CT molecular complexity index is 202. The molecule has 0 bridgehead atoms. The summed E-state index contributed by atoms with van der Waals surface area (Å²) >= 11 is 0. The van der Waals surface area contributed by atoms with Gasteiger partial charge in [-0.3, -0.25) is 4.79 Å². The molecule has 0 radical (unpaired) electrons. The van der Waals surface area contributed by atoms with Gasteiger partial charge in [-0.25, -0.2) is 10.6 Å². The Labute approximate surface area is 64.8 Å². The zero-order chi connectivity index (χ0) is 9.94. The van der Waals surface area contributed by atoms with Crippen molar-refractivity contribution in [1.82, 2.24) is 5.17 Å². The topological polar surface area (TPSA) is 72.6 Å². The number of alkyl halides is 3. The van der Waals surface area contributed by atoms with Gasteiger partial charge < -0.3 is 4.84 Å². The zero-order valence-corrected chi connectivity index (χ0v) is 5.88. The van der Waals surface area contributed by atoms with Gasteiger partial charge in [0.2, 0.25) is 0 Å². The van der Waals surface area contributed by atoms with Crippen LogP contribution < -0.4 is 5.84 Å². The van der Waals surface area contributed by atoms with Crippen molar-refractivity contribution in [1.29, 1.82) is 0 Å². The zero-order valence-electron chi connectivity index (χ0n) is 5.88. The lowest BCUT2D eigenvalue weighted by atomic mass is 10.7. The van der Waals surface area contributed by atoms with Crippen LogP contribution in [0, 0.1) is 0 Å². The van der Waals surface area contributed by atoms with Crippen LogP contribution in [0.15, 0.2) is 0 Å². The highest BCUT2D eigenvalue weighted by Gasteiger charge is 2.42. The molecule has 0 aromatic rings. The number of nitrogens with two attached hydrogens (primary N) is 1. The van der Waals surface area contributed by atoms with Crippen molar-refractivity contribution in [3.05, 3.63) is 0 Å². The number of hydroxylamine groups is 1. The summed E-state index contributed by atoms with van der Waals surface area (Å²) in [5.41, 5.74) is 0. The Morgan fingerprint density at radius 2 is 1.83 bits per heavy atom. The average molecular weight is 186 g/mol. The van der Waals surface area contributed by atoms with Crippen molar-refractivity contribution in [2.24, 2.45) is 5.84 Å². The quantitative estimate of drug-likeness (QED) is 0.321. The number of amides is 1. The standard InChI is InChI=1S/C4H5F3N2O3/c1-2(10)9(8)12-3(11)4(5,6)7/h8H2,1H3. The second-order valence-electron chi connectivity index (χ2n) is 1.72. The molecule has 0 fully saturated rings. The average Bonchev–Trinajstić information content (AvgIpc) is 1.85. The molecule has 0 aliphatic heterocycles. The minimum atomic E-state index is -5.16. The van der Waals surface area contributed by atoms with Crippen LogP contribution in [-0.4, -0.2) is 23.2 Å². The monoisotopic (exact) mass is 186 g/mol. The third kappa shape index (κ3) is 3.19. The lowest BCUT2D eigenvalue weighted by Crippen LogP contribution is -2.41. The van der Waals surface area contributed by atoms with Gasteiger partial charge in [-0.1, -0.05) is 0 Å². The van der Waals surface area contributed by atoms with Crippen LogP contribution in [0.25, 0.3) is 0 Å². The predicted octanol–water partition coefficient (Wildman–Crippen LogP) is -0.271. The highest BCUT2D eigenvalue weighted by atomic mass is 19.4. The second-order valence-corrected chi connectivity index (χ2v) is 1.72. The molecule has 0 aromatic carbocycles. The Hall–Kier alpha value is -1.31. The molecule has 12 heavy (non-hydrogen) atoms. The van der Waals surface area contributed by atoms with Gasteiger partial charge in [-0.2, -0.15) is 13.2 Å². The number of hydrogen-bond donors (Lipinski definition) is 1. The third-order valence-electron chi connectivity index (χ3n) is 0.723. The maximum atomic E-state index is 11.4. The van der Waals surface area contributed by atoms with E-state index in [0.29, 0.717) is 0 Å². The summed E-state index contributed by atoms with van der Waals surface area (Å²) in [7, 11) is 0. The molecule has 8 heteroatoms. The molecule has 0 unspecified atom stereocenters. The SMILES string of the molecule is CC(=O)N(N)OC(=O)C(F)(F)F. The minimum absolute atomic E-state index is 0.296. The van der Waals surface area contributed by atoms with E-state index < -0.39 is 18.1 Å². The first-order chi connectivity index (χ1) is 5.25. The van der Waals surface area contributed by atoms with Gasteiger partial charge in [-0.15, -0.1) is 5.17 Å². The van der Waals surface area contributed by atoms with Crippen molar-refractivity contribution in [3.63, 3.8) is 0 Å². The summed E-state index contributed by atoms with van der Waals surface area (Å²) in [6.45, 7) is 0.837. The summed E-state index contributed by atoms with van der Waals surface area (Å²) in [6, 6.07) is 0. The summed E-state index contributed by atoms with van der Waals surface area (Å²) in [6.07, 6.45) is -5.16. The van der Waals surface area contributed by atoms with E-state index in [4.69, 9.17) is 0 Å². The molecule has 0 aromatic heterocycles. The van der Waals surface area contributed by atoms with Crippen molar-refractivity contribution >= 4 is 11.9 Å². The molecular formula is C4H5F3N2O3. The maximum Gasteiger partial charge on any atom is 0.493 e. The van der Waals surface area contributed by atoms with Gasteiger partial charge in [-0.05, 0) is 0 Å². The number of carbonyl (C=O) groups is 2. The smallest absolute Gasteiger partial charge is 0.313 e. The molecule has 0 atom stereocenters. The Morgan fingerprint density at radius 1 is 1.42 bits per heavy atom. The van der Waals surface area contributed by atoms with E-state index in [1.54, 1.807) is 0 Å². The van der Waals surface area contributed by atoms with Gasteiger partial charge in [0, 0.05) is 6.92 Å². The van der Waals surface area contributed by atoms with Crippen LogP contribution in [0.5, 0.6) is 0 Å². The minimum Gasteiger partial charge on any atom is -0.313 e. The fourth-order valence-electron chi connectivity index (χ4n) is 0.205. The Kier molecular flexibility index (Phi) is 3.02. The summed E-state index contributed by atoms with van der Waals surface area (Å²) in [5.74, 6) is 0.993. The molecule has 1 amide bonds. The van der Waals surface area contributed by atoms with Crippen molar-refractivity contribution in [2.45, 2.75) is 13.1 Å². The van der Waals surface area contributed by atoms with Crippen LogP contribution in [0.1, 0.15) is 6.92 Å². The Morgan fingerprint density at radius 3 is 2.08 bits per heavy atom. The number of carbonyl (C=O) groups excluding carboxylic acids is 2. The number of rotatable bonds is 0. The van der Waals surface area contributed by atoms with E-state index >= 15 is 0 Å². The highest BCUT2D eigenvalue weighted by molar-refractivity contribution is 5.78. The molecule has 0 heterocycles. The molecule has 0 saturated heterocycles. The van der Waals surface area contributed by atoms with Crippen LogP contribution in [-0.2, 0) is 14.4 Å². The molecule has 0 rings (SSSR count). The first-order valence-corrected chi connectivity index (χ1v) is 2.59. The molecular weight excluding hydrogens is 181 g/mol. The normalized spacial score (nSPS) is 10.8. The molecule has 0 aliphatic carbocycles. The fraction of sp³-hybridized carbons (Fsp3) is 0.500. The summed E-state index contributed by atoms with van der Waals surface area (Å²) < 4.78 is 34.2. The number of nitrogens with zero attached hydrogens (tertiary/aromatic N) is 1. The first kappa shape index (κ1) is 10.7. The number of hydrazine groups is 1. The molecule has 5 nitrogen and oxygen atoms in total. The van der Waals surface area contributed by atoms with E-state index in [1.165, 1.54) is 0 Å². The molecule has 0 saturated carbocycles. The van der Waals surface area contributed by atoms with E-state index in [0.717, 1.165) is 6.92 Å². The van der Waals surface area contributed by atoms with Crippen LogP contribution >= 0.6 is 0 Å². The van der Waals surface area contributed by atoms with Crippen LogP contribution in [0.3, 0.4) is 0 Å². The van der Waals surface area contributed by atoms with Gasteiger partial charge in [0.05, 0.1) is 0 Å². The second kappa shape index (κ2) is 3.39. The summed E-state index contributed by atoms with van der Waals surface area (Å²) in [5, 5.41) is -0.296. The van der Waals surface area contributed by atoms with Gasteiger partial charge in [0.1, 0.15) is 0 Å². The van der Waals surface area contributed by atoms with Crippen LogP contribution in [0.2, 0.25) is 0 Å². The third-order valence-corrected chi connectivity index (χ3v) is 0.723. The van der Waals surface area contributed by atoms with Crippen LogP contribution in [0.4, 0.5) is 13.2 Å². The first-order valence-electron chi connectivity index (χ1n) is 2.59. The largest absolute Gasteiger partial charge is 0.493 e. The molecule has 0 spiro atoms.